The smallest absolute Gasteiger partial charge is 0.244 e. The lowest BCUT2D eigenvalue weighted by molar-refractivity contribution is -0.117. The minimum absolute atomic E-state index is 0.00704. The number of halogens is 1. The van der Waals surface area contributed by atoms with Crippen molar-refractivity contribution < 1.29 is 14.8 Å². The van der Waals surface area contributed by atoms with E-state index in [1.807, 2.05) is 49.4 Å². The van der Waals surface area contributed by atoms with Gasteiger partial charge in [0.15, 0.2) is 0 Å². The van der Waals surface area contributed by atoms with Gasteiger partial charge in [-0.3, -0.25) is 4.79 Å². The second kappa shape index (κ2) is 16.5. The van der Waals surface area contributed by atoms with E-state index >= 15 is 0 Å². The van der Waals surface area contributed by atoms with Crippen molar-refractivity contribution in [3.05, 3.63) is 93.9 Å². The number of amides is 1. The molecule has 0 radical (unpaired) electrons. The molecule has 1 aliphatic rings. The Labute approximate surface area is 241 Å². The Morgan fingerprint density at radius 1 is 1.05 bits per heavy atom. The zero-order chi connectivity index (χ0) is 28.7. The summed E-state index contributed by atoms with van der Waals surface area (Å²) >= 11 is 6.11. The number of nitrogens with one attached hydrogen (secondary N) is 1. The first-order chi connectivity index (χ1) is 19.6. The molecule has 0 saturated carbocycles. The predicted octanol–water partition coefficient (Wildman–Crippen LogP) is 6.67. The SMILES string of the molecule is C/C=C\c1nc(-c2ccc(Cl)cc2)c(CCCCC=O)nc1/C=C/C(=O)NC1CCCCc2ccccc21.NO. The summed E-state index contributed by atoms with van der Waals surface area (Å²) in [5, 5.41) is 10.4. The van der Waals surface area contributed by atoms with Crippen LogP contribution < -0.4 is 11.2 Å². The summed E-state index contributed by atoms with van der Waals surface area (Å²) in [6.45, 7) is 1.93. The molecule has 7 nitrogen and oxygen atoms in total. The van der Waals surface area contributed by atoms with E-state index < -0.39 is 0 Å². The van der Waals surface area contributed by atoms with Gasteiger partial charge in [0.1, 0.15) is 6.29 Å². The number of hydrogen-bond acceptors (Lipinski definition) is 6. The molecule has 1 aliphatic carbocycles. The summed E-state index contributed by atoms with van der Waals surface area (Å²) in [7, 11) is 0. The molecule has 1 atom stereocenters. The van der Waals surface area contributed by atoms with Crippen LogP contribution in [0.3, 0.4) is 0 Å². The van der Waals surface area contributed by atoms with Gasteiger partial charge in [-0.1, -0.05) is 60.5 Å². The van der Waals surface area contributed by atoms with Crippen LogP contribution >= 0.6 is 11.6 Å². The second-order valence-electron chi connectivity index (χ2n) is 9.55. The molecule has 1 heterocycles. The van der Waals surface area contributed by atoms with Crippen molar-refractivity contribution in [2.45, 2.75) is 64.3 Å². The highest BCUT2D eigenvalue weighted by Gasteiger charge is 2.19. The molecule has 0 bridgehead atoms. The van der Waals surface area contributed by atoms with Gasteiger partial charge in [0.25, 0.3) is 0 Å². The lowest BCUT2D eigenvalue weighted by Gasteiger charge is -2.18. The molecule has 0 saturated heterocycles. The van der Waals surface area contributed by atoms with E-state index in [0.717, 1.165) is 61.8 Å². The minimum atomic E-state index is -0.144. The average molecular weight is 561 g/mol. The van der Waals surface area contributed by atoms with Crippen LogP contribution in [-0.4, -0.2) is 27.4 Å². The molecule has 4 rings (SSSR count). The van der Waals surface area contributed by atoms with Crippen molar-refractivity contribution in [3.63, 3.8) is 0 Å². The number of aryl methyl sites for hydroxylation is 2. The highest BCUT2D eigenvalue weighted by molar-refractivity contribution is 6.30. The Morgan fingerprint density at radius 3 is 2.55 bits per heavy atom. The number of unbranched alkanes of at least 4 members (excludes halogenated alkanes) is 2. The molecule has 0 aliphatic heterocycles. The number of benzene rings is 2. The van der Waals surface area contributed by atoms with Crippen molar-refractivity contribution in [2.24, 2.45) is 5.90 Å². The topological polar surface area (TPSA) is 118 Å². The third-order valence-corrected chi connectivity index (χ3v) is 7.03. The van der Waals surface area contributed by atoms with Crippen molar-refractivity contribution >= 4 is 35.9 Å². The van der Waals surface area contributed by atoms with Crippen LogP contribution in [0.4, 0.5) is 0 Å². The third-order valence-electron chi connectivity index (χ3n) is 6.78. The van der Waals surface area contributed by atoms with Gasteiger partial charge in [0.2, 0.25) is 5.91 Å². The number of nitrogens with zero attached hydrogens (tertiary/aromatic N) is 2. The zero-order valence-corrected chi connectivity index (χ0v) is 23.6. The summed E-state index contributed by atoms with van der Waals surface area (Å²) in [4.78, 5) is 33.7. The van der Waals surface area contributed by atoms with Crippen LogP contribution in [0.1, 0.15) is 79.7 Å². The van der Waals surface area contributed by atoms with Gasteiger partial charge in [-0.25, -0.2) is 15.9 Å². The summed E-state index contributed by atoms with van der Waals surface area (Å²) in [6.07, 6.45) is 15.1. The summed E-state index contributed by atoms with van der Waals surface area (Å²) in [5.41, 5.74) is 6.42. The lowest BCUT2D eigenvalue weighted by atomic mass is 9.99. The normalized spacial score (nSPS) is 14.8. The lowest BCUT2D eigenvalue weighted by Crippen LogP contribution is -2.27. The number of aldehydes is 1. The van der Waals surface area contributed by atoms with E-state index in [0.29, 0.717) is 29.3 Å². The molecular weight excluding hydrogens is 524 g/mol. The zero-order valence-electron chi connectivity index (χ0n) is 22.9. The quantitative estimate of drug-likeness (QED) is 0.0837. The molecule has 0 fully saturated rings. The van der Waals surface area contributed by atoms with Gasteiger partial charge in [-0.2, -0.15) is 0 Å². The fraction of sp³-hybridized carbons (Fsp3) is 0.312. The van der Waals surface area contributed by atoms with Gasteiger partial charge >= 0.3 is 0 Å². The van der Waals surface area contributed by atoms with E-state index in [9.17, 15) is 9.59 Å². The molecule has 8 heteroatoms. The van der Waals surface area contributed by atoms with Crippen LogP contribution in [-0.2, 0) is 22.4 Å². The van der Waals surface area contributed by atoms with E-state index in [1.165, 1.54) is 11.1 Å². The Kier molecular flexibility index (Phi) is 12.7. The first-order valence-electron chi connectivity index (χ1n) is 13.6. The summed E-state index contributed by atoms with van der Waals surface area (Å²) in [6, 6.07) is 16.0. The fourth-order valence-corrected chi connectivity index (χ4v) is 5.01. The van der Waals surface area contributed by atoms with E-state index in [2.05, 4.69) is 29.4 Å². The monoisotopic (exact) mass is 560 g/mol. The van der Waals surface area contributed by atoms with E-state index in [4.69, 9.17) is 26.8 Å². The number of hydrogen-bond donors (Lipinski definition) is 3. The molecular formula is C32H37ClN4O3. The first kappa shape index (κ1) is 30.9. The Morgan fingerprint density at radius 2 is 1.80 bits per heavy atom. The van der Waals surface area contributed by atoms with Crippen LogP contribution in [0, 0.1) is 0 Å². The molecule has 3 aromatic rings. The third kappa shape index (κ3) is 8.68. The van der Waals surface area contributed by atoms with Gasteiger partial charge in [0, 0.05) is 23.1 Å². The van der Waals surface area contributed by atoms with E-state index in [1.54, 1.807) is 12.2 Å². The average Bonchev–Trinajstić information content (AvgIpc) is 3.18. The number of aromatic nitrogens is 2. The Balaban J connectivity index is 0.00000216. The Hall–Kier alpha value is -3.65. The van der Waals surface area contributed by atoms with Crippen molar-refractivity contribution in [2.75, 3.05) is 0 Å². The molecule has 1 unspecified atom stereocenters. The maximum atomic E-state index is 13.0. The summed E-state index contributed by atoms with van der Waals surface area (Å²) in [5.74, 6) is 3.36. The highest BCUT2D eigenvalue weighted by atomic mass is 35.5. The molecule has 1 amide bonds. The van der Waals surface area contributed by atoms with Gasteiger partial charge in [0.05, 0.1) is 28.8 Å². The maximum Gasteiger partial charge on any atom is 0.244 e. The number of allylic oxidation sites excluding steroid dienone is 1. The van der Waals surface area contributed by atoms with Crippen LogP contribution in [0.15, 0.2) is 60.7 Å². The molecule has 4 N–H and O–H groups in total. The number of nitrogens with two attached hydrogens (primary N) is 1. The fourth-order valence-electron chi connectivity index (χ4n) is 4.88. The van der Waals surface area contributed by atoms with Gasteiger partial charge < -0.3 is 15.3 Å². The second-order valence-corrected chi connectivity index (χ2v) is 9.98. The van der Waals surface area contributed by atoms with Crippen LogP contribution in [0.25, 0.3) is 23.4 Å². The van der Waals surface area contributed by atoms with E-state index in [-0.39, 0.29) is 11.9 Å². The van der Waals surface area contributed by atoms with Gasteiger partial charge in [-0.15, -0.1) is 0 Å². The Bertz CT molecular complexity index is 1320. The first-order valence-corrected chi connectivity index (χ1v) is 14.0. The molecule has 1 aromatic heterocycles. The highest BCUT2D eigenvalue weighted by Crippen LogP contribution is 2.29. The predicted molar refractivity (Wildman–Crippen MR) is 161 cm³/mol. The van der Waals surface area contributed by atoms with Crippen LogP contribution in [0.2, 0.25) is 5.02 Å². The minimum Gasteiger partial charge on any atom is -0.346 e. The van der Waals surface area contributed by atoms with Crippen molar-refractivity contribution in [3.8, 4) is 11.3 Å². The largest absolute Gasteiger partial charge is 0.346 e. The summed E-state index contributed by atoms with van der Waals surface area (Å²) < 4.78 is 0. The number of fused-ring (bicyclic) bond motifs is 1. The van der Waals surface area contributed by atoms with Gasteiger partial charge in [-0.05, 0) is 80.9 Å². The molecule has 2 aromatic carbocycles. The van der Waals surface area contributed by atoms with Crippen molar-refractivity contribution in [1.29, 1.82) is 0 Å². The standard InChI is InChI=1S/C32H34ClN3O2.H3NO/c1-2-10-28-29(20-21-31(38)35-27-14-8-6-12-23-11-5-7-13-26(23)27)34-30(15-4-3-9-22-37)32(36-28)24-16-18-25(33)19-17-24;1-2/h2,5,7,10-11,13,16-22,27H,3-4,6,8-9,12,14-15H2,1H3,(H,35,38);2H,1H2/b10-2-,21-20+;. The number of rotatable bonds is 10. The number of carbonyl (C=O) groups excluding carboxylic acids is 2. The van der Waals surface area contributed by atoms with Crippen molar-refractivity contribution in [1.82, 2.24) is 15.3 Å². The number of carbonyl (C=O) groups is 2. The molecule has 210 valence electrons. The maximum absolute atomic E-state index is 13.0. The van der Waals surface area contributed by atoms with Crippen LogP contribution in [0.5, 0.6) is 0 Å². The molecule has 0 spiro atoms. The molecule has 40 heavy (non-hydrogen) atoms.